The number of nitrogens with zero attached hydrogens (tertiary/aromatic N) is 1. The summed E-state index contributed by atoms with van der Waals surface area (Å²) in [7, 11) is 0. The van der Waals surface area contributed by atoms with Gasteiger partial charge in [0.1, 0.15) is 5.75 Å². The molecule has 1 aliphatic carbocycles. The molecule has 2 fully saturated rings. The van der Waals surface area contributed by atoms with E-state index in [0.717, 1.165) is 25.7 Å². The molecule has 5 nitrogen and oxygen atoms in total. The van der Waals surface area contributed by atoms with Crippen LogP contribution in [0.4, 0.5) is 5.69 Å². The highest BCUT2D eigenvalue weighted by molar-refractivity contribution is 6.22. The fraction of sp³-hybridized carbons (Fsp3) is 0.286. The van der Waals surface area contributed by atoms with E-state index in [4.69, 9.17) is 4.74 Å². The molecule has 1 aliphatic heterocycles. The van der Waals surface area contributed by atoms with Crippen molar-refractivity contribution < 1.29 is 19.1 Å². The van der Waals surface area contributed by atoms with E-state index in [2.05, 4.69) is 0 Å². The van der Waals surface area contributed by atoms with Gasteiger partial charge in [0, 0.05) is 6.07 Å². The Hall–Kier alpha value is -2.95. The number of carbonyl (C=O) groups is 3. The van der Waals surface area contributed by atoms with E-state index in [-0.39, 0.29) is 23.7 Å². The zero-order valence-corrected chi connectivity index (χ0v) is 14.3. The number of amides is 2. The summed E-state index contributed by atoms with van der Waals surface area (Å²) in [5.41, 5.74) is 0.907. The van der Waals surface area contributed by atoms with Crippen LogP contribution in [0.2, 0.25) is 0 Å². The number of ether oxygens (including phenoxy) is 1. The molecule has 0 radical (unpaired) electrons. The van der Waals surface area contributed by atoms with Gasteiger partial charge in [0.2, 0.25) is 11.8 Å². The molecule has 4 rings (SSSR count). The fourth-order valence-electron chi connectivity index (χ4n) is 3.84. The number of hydrogen-bond donors (Lipinski definition) is 0. The summed E-state index contributed by atoms with van der Waals surface area (Å²) in [6.07, 6.45) is 3.52. The van der Waals surface area contributed by atoms with Crippen LogP contribution in [0.3, 0.4) is 0 Å². The zero-order valence-electron chi connectivity index (χ0n) is 14.3. The van der Waals surface area contributed by atoms with Crippen molar-refractivity contribution in [1.29, 1.82) is 0 Å². The summed E-state index contributed by atoms with van der Waals surface area (Å²) in [6.45, 7) is 0. The number of esters is 1. The lowest BCUT2D eigenvalue weighted by Gasteiger charge is -2.19. The van der Waals surface area contributed by atoms with Crippen LogP contribution < -0.4 is 9.64 Å². The number of benzene rings is 2. The van der Waals surface area contributed by atoms with Gasteiger partial charge in [0.25, 0.3) is 0 Å². The monoisotopic (exact) mass is 349 g/mol. The van der Waals surface area contributed by atoms with Gasteiger partial charge >= 0.3 is 5.97 Å². The molecular weight excluding hydrogens is 330 g/mol. The fourth-order valence-corrected chi connectivity index (χ4v) is 3.84. The van der Waals surface area contributed by atoms with Crippen LogP contribution in [0.25, 0.3) is 0 Å². The van der Waals surface area contributed by atoms with E-state index in [1.165, 1.54) is 4.90 Å². The minimum absolute atomic E-state index is 0.133. The lowest BCUT2D eigenvalue weighted by atomic mass is 9.81. The summed E-state index contributed by atoms with van der Waals surface area (Å²) in [5, 5.41) is 0. The minimum atomic E-state index is -0.476. The molecule has 1 saturated carbocycles. The summed E-state index contributed by atoms with van der Waals surface area (Å²) in [4.78, 5) is 38.9. The highest BCUT2D eigenvalue weighted by Gasteiger charge is 2.48. The second-order valence-corrected chi connectivity index (χ2v) is 6.76. The third kappa shape index (κ3) is 2.90. The summed E-state index contributed by atoms with van der Waals surface area (Å²) in [6, 6.07) is 15.3. The van der Waals surface area contributed by atoms with E-state index in [1.807, 2.05) is 6.07 Å². The Kier molecular flexibility index (Phi) is 4.29. The number of rotatable bonds is 3. The van der Waals surface area contributed by atoms with Gasteiger partial charge in [-0.2, -0.15) is 0 Å². The van der Waals surface area contributed by atoms with Gasteiger partial charge in [-0.15, -0.1) is 0 Å². The molecule has 0 bridgehead atoms. The van der Waals surface area contributed by atoms with E-state index >= 15 is 0 Å². The SMILES string of the molecule is O=C(Oc1cccc(N2C(=O)[C@@H]3CCCC[C@H]3C2=O)c1)c1ccccc1. The van der Waals surface area contributed by atoms with Crippen molar-refractivity contribution in [2.24, 2.45) is 11.8 Å². The Morgan fingerprint density at radius 2 is 1.54 bits per heavy atom. The molecule has 0 aromatic heterocycles. The highest BCUT2D eigenvalue weighted by Crippen LogP contribution is 2.40. The molecular formula is C21H19NO4. The van der Waals surface area contributed by atoms with Gasteiger partial charge in [-0.3, -0.25) is 9.59 Å². The number of anilines is 1. The van der Waals surface area contributed by atoms with Crippen LogP contribution in [0.15, 0.2) is 54.6 Å². The molecule has 132 valence electrons. The van der Waals surface area contributed by atoms with Gasteiger partial charge in [-0.1, -0.05) is 37.1 Å². The highest BCUT2D eigenvalue weighted by atomic mass is 16.5. The predicted octanol–water partition coefficient (Wildman–Crippen LogP) is 3.59. The van der Waals surface area contributed by atoms with Crippen LogP contribution in [-0.2, 0) is 9.59 Å². The molecule has 0 unspecified atom stereocenters. The Morgan fingerprint density at radius 1 is 0.885 bits per heavy atom. The third-order valence-electron chi connectivity index (χ3n) is 5.14. The van der Waals surface area contributed by atoms with Crippen molar-refractivity contribution in [3.8, 4) is 5.75 Å². The normalized spacial score (nSPS) is 22.2. The van der Waals surface area contributed by atoms with Gasteiger partial charge < -0.3 is 4.74 Å². The lowest BCUT2D eigenvalue weighted by molar-refractivity contribution is -0.122. The first-order chi connectivity index (χ1) is 12.6. The zero-order chi connectivity index (χ0) is 18.1. The van der Waals surface area contributed by atoms with Crippen molar-refractivity contribution in [2.45, 2.75) is 25.7 Å². The largest absolute Gasteiger partial charge is 0.423 e. The van der Waals surface area contributed by atoms with Crippen molar-refractivity contribution in [3.63, 3.8) is 0 Å². The topological polar surface area (TPSA) is 63.7 Å². The van der Waals surface area contributed by atoms with E-state index in [9.17, 15) is 14.4 Å². The molecule has 1 saturated heterocycles. The molecule has 0 N–H and O–H groups in total. The van der Waals surface area contributed by atoms with Crippen LogP contribution >= 0.6 is 0 Å². The molecule has 5 heteroatoms. The standard InChI is InChI=1S/C21H19NO4/c23-19-17-11-4-5-12-18(17)20(24)22(19)15-9-6-10-16(13-15)26-21(25)14-7-2-1-3-8-14/h1-3,6-10,13,17-18H,4-5,11-12H2/t17-,18-/m1/s1. The first-order valence-corrected chi connectivity index (χ1v) is 8.90. The van der Waals surface area contributed by atoms with E-state index < -0.39 is 5.97 Å². The lowest BCUT2D eigenvalue weighted by Crippen LogP contribution is -2.30. The molecule has 2 aromatic carbocycles. The smallest absolute Gasteiger partial charge is 0.343 e. The molecule has 2 atom stereocenters. The summed E-state index contributed by atoms with van der Waals surface area (Å²) >= 11 is 0. The first-order valence-electron chi connectivity index (χ1n) is 8.90. The van der Waals surface area contributed by atoms with Crippen molar-refractivity contribution >= 4 is 23.5 Å². The average molecular weight is 349 g/mol. The minimum Gasteiger partial charge on any atom is -0.423 e. The Balaban J connectivity index is 1.57. The third-order valence-corrected chi connectivity index (χ3v) is 5.14. The maximum absolute atomic E-state index is 12.7. The quantitative estimate of drug-likeness (QED) is 0.483. The second kappa shape index (κ2) is 6.75. The van der Waals surface area contributed by atoms with Gasteiger partial charge in [0.15, 0.2) is 0 Å². The van der Waals surface area contributed by atoms with Gasteiger partial charge in [-0.05, 0) is 37.1 Å². The van der Waals surface area contributed by atoms with Gasteiger partial charge in [-0.25, -0.2) is 9.69 Å². The molecule has 1 heterocycles. The molecule has 26 heavy (non-hydrogen) atoms. The number of imide groups is 1. The molecule has 2 aliphatic rings. The Labute approximate surface area is 151 Å². The summed E-state index contributed by atoms with van der Waals surface area (Å²) in [5.74, 6) is -0.835. The van der Waals surface area contributed by atoms with Crippen molar-refractivity contribution in [3.05, 3.63) is 60.2 Å². The Bertz CT molecular complexity index is 837. The maximum atomic E-state index is 12.7. The van der Waals surface area contributed by atoms with Crippen molar-refractivity contribution in [2.75, 3.05) is 4.90 Å². The molecule has 0 spiro atoms. The van der Waals surface area contributed by atoms with Crippen LogP contribution in [0.1, 0.15) is 36.0 Å². The number of hydrogen-bond acceptors (Lipinski definition) is 4. The van der Waals surface area contributed by atoms with Gasteiger partial charge in [0.05, 0.1) is 23.1 Å². The van der Waals surface area contributed by atoms with Crippen LogP contribution in [0, 0.1) is 11.8 Å². The molecule has 2 aromatic rings. The maximum Gasteiger partial charge on any atom is 0.343 e. The summed E-state index contributed by atoms with van der Waals surface area (Å²) < 4.78 is 5.40. The Morgan fingerprint density at radius 3 is 2.19 bits per heavy atom. The predicted molar refractivity (Wildman–Crippen MR) is 95.8 cm³/mol. The first kappa shape index (κ1) is 16.5. The average Bonchev–Trinajstić information content (AvgIpc) is 2.94. The molecule has 2 amide bonds. The van der Waals surface area contributed by atoms with Crippen LogP contribution in [0.5, 0.6) is 5.75 Å². The second-order valence-electron chi connectivity index (χ2n) is 6.76. The van der Waals surface area contributed by atoms with Crippen LogP contribution in [-0.4, -0.2) is 17.8 Å². The number of fused-ring (bicyclic) bond motifs is 1. The van der Waals surface area contributed by atoms with Crippen molar-refractivity contribution in [1.82, 2.24) is 0 Å². The van der Waals surface area contributed by atoms with E-state index in [1.54, 1.807) is 48.5 Å². The van der Waals surface area contributed by atoms with E-state index in [0.29, 0.717) is 17.0 Å². The number of carbonyl (C=O) groups excluding carboxylic acids is 3.